The summed E-state index contributed by atoms with van der Waals surface area (Å²) in [5, 5.41) is 0.778. The maximum atomic E-state index is 14.5. The highest BCUT2D eigenvalue weighted by Gasteiger charge is 2.20. The number of nitrogens with zero attached hydrogens (tertiary/aromatic N) is 3. The molecule has 0 unspecified atom stereocenters. The number of nitrogens with one attached hydrogen (secondary N) is 1. The Kier molecular flexibility index (Phi) is 5.48. The Balaban J connectivity index is 2.02. The molecule has 142 valence electrons. The fourth-order valence-electron chi connectivity index (χ4n) is 2.72. The van der Waals surface area contributed by atoms with Gasteiger partial charge < -0.3 is 4.90 Å². The van der Waals surface area contributed by atoms with Gasteiger partial charge in [-0.1, -0.05) is 18.5 Å². The van der Waals surface area contributed by atoms with Gasteiger partial charge in [0.2, 0.25) is 10.0 Å². The number of hydrogen-bond donors (Lipinski definition) is 1. The summed E-state index contributed by atoms with van der Waals surface area (Å²) in [6.45, 7) is 1.76. The summed E-state index contributed by atoms with van der Waals surface area (Å²) in [6.07, 6.45) is 3.57. The molecule has 1 N–H and O–H groups in total. The number of halogens is 2. The molecule has 0 bridgehead atoms. The van der Waals surface area contributed by atoms with Gasteiger partial charge >= 0.3 is 0 Å². The summed E-state index contributed by atoms with van der Waals surface area (Å²) >= 11 is 6.35. The third-order valence-corrected chi connectivity index (χ3v) is 5.88. The second-order valence-electron chi connectivity index (χ2n) is 6.00. The zero-order valence-corrected chi connectivity index (χ0v) is 16.4. The van der Waals surface area contributed by atoms with Crippen molar-refractivity contribution < 1.29 is 12.8 Å². The number of aromatic nitrogens is 2. The number of rotatable bonds is 6. The van der Waals surface area contributed by atoms with Crippen molar-refractivity contribution in [2.75, 3.05) is 22.4 Å². The van der Waals surface area contributed by atoms with Crippen molar-refractivity contribution in [3.63, 3.8) is 0 Å². The van der Waals surface area contributed by atoms with Crippen LogP contribution in [0.15, 0.2) is 42.9 Å². The van der Waals surface area contributed by atoms with Crippen LogP contribution in [0.4, 0.5) is 21.5 Å². The Morgan fingerprint density at radius 3 is 2.78 bits per heavy atom. The van der Waals surface area contributed by atoms with Gasteiger partial charge in [0.1, 0.15) is 12.1 Å². The van der Waals surface area contributed by atoms with E-state index < -0.39 is 15.8 Å². The van der Waals surface area contributed by atoms with Gasteiger partial charge in [-0.2, -0.15) is 0 Å². The monoisotopic (exact) mass is 408 g/mol. The summed E-state index contributed by atoms with van der Waals surface area (Å²) in [4.78, 5) is 9.70. The van der Waals surface area contributed by atoms with Crippen molar-refractivity contribution in [2.45, 2.75) is 13.3 Å². The van der Waals surface area contributed by atoms with E-state index in [9.17, 15) is 12.8 Å². The molecule has 1 heterocycles. The normalized spacial score (nSPS) is 11.6. The second-order valence-corrected chi connectivity index (χ2v) is 8.22. The van der Waals surface area contributed by atoms with Crippen molar-refractivity contribution in [1.29, 1.82) is 0 Å². The van der Waals surface area contributed by atoms with Crippen molar-refractivity contribution in [1.82, 2.24) is 9.97 Å². The first kappa shape index (κ1) is 19.3. The average molecular weight is 409 g/mol. The molecule has 0 radical (unpaired) electrons. The average Bonchev–Trinajstić information content (AvgIpc) is 2.63. The fraction of sp³-hybridized carbons (Fsp3) is 0.222. The van der Waals surface area contributed by atoms with E-state index in [-0.39, 0.29) is 22.2 Å². The van der Waals surface area contributed by atoms with Gasteiger partial charge in [-0.3, -0.25) is 4.72 Å². The second kappa shape index (κ2) is 7.66. The van der Waals surface area contributed by atoms with E-state index >= 15 is 0 Å². The largest absolute Gasteiger partial charge is 0.341 e. The highest BCUT2D eigenvalue weighted by molar-refractivity contribution is 7.92. The minimum absolute atomic E-state index is 0.0124. The standard InChI is InChI=1S/C18H18ClFN4O2S/c1-3-8-27(25,26)23-16-7-5-14(20)18(17(16)19)24(2)13-4-6-15-12(9-13)10-21-11-22-15/h4-7,9-11,23H,3,8H2,1-2H3. The Morgan fingerprint density at radius 2 is 2.04 bits per heavy atom. The lowest BCUT2D eigenvalue weighted by Crippen LogP contribution is -2.18. The van der Waals surface area contributed by atoms with Crippen LogP contribution in [0.5, 0.6) is 0 Å². The highest BCUT2D eigenvalue weighted by atomic mass is 35.5. The fourth-order valence-corrected chi connectivity index (χ4v) is 4.25. The predicted molar refractivity (Wildman–Crippen MR) is 107 cm³/mol. The lowest BCUT2D eigenvalue weighted by atomic mass is 10.2. The summed E-state index contributed by atoms with van der Waals surface area (Å²) in [5.74, 6) is -0.610. The van der Waals surface area contributed by atoms with E-state index in [2.05, 4.69) is 14.7 Å². The lowest BCUT2D eigenvalue weighted by molar-refractivity contribution is 0.599. The number of benzene rings is 2. The van der Waals surface area contributed by atoms with Crippen LogP contribution in [0.2, 0.25) is 5.02 Å². The van der Waals surface area contributed by atoms with E-state index in [1.807, 2.05) is 0 Å². The topological polar surface area (TPSA) is 75.2 Å². The maximum Gasteiger partial charge on any atom is 0.232 e. The minimum Gasteiger partial charge on any atom is -0.341 e. The molecule has 27 heavy (non-hydrogen) atoms. The SMILES string of the molecule is CCCS(=O)(=O)Nc1ccc(F)c(N(C)c2ccc3ncncc3c2)c1Cl. The molecule has 2 aromatic carbocycles. The highest BCUT2D eigenvalue weighted by Crippen LogP contribution is 2.39. The van der Waals surface area contributed by atoms with E-state index in [1.165, 1.54) is 18.5 Å². The molecule has 0 spiro atoms. The molecule has 0 fully saturated rings. The Bertz CT molecular complexity index is 1090. The van der Waals surface area contributed by atoms with Gasteiger partial charge in [0.25, 0.3) is 0 Å². The molecule has 0 aliphatic carbocycles. The smallest absolute Gasteiger partial charge is 0.232 e. The van der Waals surface area contributed by atoms with E-state index in [0.29, 0.717) is 12.1 Å². The van der Waals surface area contributed by atoms with Crippen molar-refractivity contribution in [2.24, 2.45) is 0 Å². The zero-order valence-electron chi connectivity index (χ0n) is 14.8. The molecule has 0 amide bonds. The van der Waals surface area contributed by atoms with Crippen LogP contribution in [-0.4, -0.2) is 31.2 Å². The predicted octanol–water partition coefficient (Wildman–Crippen LogP) is 4.34. The quantitative estimate of drug-likeness (QED) is 0.656. The molecule has 6 nitrogen and oxygen atoms in total. The number of fused-ring (bicyclic) bond motifs is 1. The van der Waals surface area contributed by atoms with Crippen molar-refractivity contribution in [3.8, 4) is 0 Å². The molecule has 0 aliphatic rings. The van der Waals surface area contributed by atoms with Crippen molar-refractivity contribution in [3.05, 3.63) is 53.7 Å². The van der Waals surface area contributed by atoms with Gasteiger partial charge in [-0.05, 0) is 36.8 Å². The van der Waals surface area contributed by atoms with Gasteiger partial charge in [0, 0.05) is 24.3 Å². The molecule has 1 aromatic heterocycles. The summed E-state index contributed by atoms with van der Waals surface area (Å²) in [5.41, 5.74) is 1.63. The van der Waals surface area contributed by atoms with Crippen LogP contribution in [0.1, 0.15) is 13.3 Å². The van der Waals surface area contributed by atoms with Crippen LogP contribution < -0.4 is 9.62 Å². The molecule has 3 rings (SSSR count). The first-order valence-electron chi connectivity index (χ1n) is 8.24. The van der Waals surface area contributed by atoms with E-state index in [4.69, 9.17) is 11.6 Å². The van der Waals surface area contributed by atoms with Crippen LogP contribution >= 0.6 is 11.6 Å². The molecule has 3 aromatic rings. The van der Waals surface area contributed by atoms with Crippen LogP contribution in [0, 0.1) is 5.82 Å². The first-order chi connectivity index (χ1) is 12.8. The van der Waals surface area contributed by atoms with E-state index in [0.717, 1.165) is 10.9 Å². The number of sulfonamides is 1. The Morgan fingerprint density at radius 1 is 1.26 bits per heavy atom. The Hall–Kier alpha value is -2.45. The Labute approximate surface area is 162 Å². The van der Waals surface area contributed by atoms with Crippen LogP contribution in [-0.2, 0) is 10.0 Å². The van der Waals surface area contributed by atoms with Gasteiger partial charge in [-0.25, -0.2) is 22.8 Å². The number of anilines is 3. The molecule has 9 heteroatoms. The lowest BCUT2D eigenvalue weighted by Gasteiger charge is -2.23. The van der Waals surface area contributed by atoms with Crippen LogP contribution in [0.3, 0.4) is 0 Å². The molecular weight excluding hydrogens is 391 g/mol. The van der Waals surface area contributed by atoms with Gasteiger partial charge in [0.05, 0.1) is 27.7 Å². The minimum atomic E-state index is -3.55. The van der Waals surface area contributed by atoms with Gasteiger partial charge in [-0.15, -0.1) is 0 Å². The first-order valence-corrected chi connectivity index (χ1v) is 10.3. The third kappa shape index (κ3) is 4.12. The summed E-state index contributed by atoms with van der Waals surface area (Å²) in [7, 11) is -1.90. The molecule has 0 aliphatic heterocycles. The maximum absolute atomic E-state index is 14.5. The van der Waals surface area contributed by atoms with Crippen LogP contribution in [0.25, 0.3) is 10.9 Å². The molecule has 0 saturated heterocycles. The zero-order chi connectivity index (χ0) is 19.6. The summed E-state index contributed by atoms with van der Waals surface area (Å²) < 4.78 is 41.0. The van der Waals surface area contributed by atoms with Crippen molar-refractivity contribution >= 4 is 49.6 Å². The summed E-state index contributed by atoms with van der Waals surface area (Å²) in [6, 6.07) is 7.88. The molecule has 0 saturated carbocycles. The number of hydrogen-bond acceptors (Lipinski definition) is 5. The van der Waals surface area contributed by atoms with Gasteiger partial charge in [0.15, 0.2) is 0 Å². The third-order valence-electron chi connectivity index (χ3n) is 4.02. The molecule has 0 atom stereocenters. The molecular formula is C18H18ClFN4O2S. The van der Waals surface area contributed by atoms with E-state index in [1.54, 1.807) is 43.3 Å².